The van der Waals surface area contributed by atoms with Crippen LogP contribution in [-0.2, 0) is 6.42 Å². The van der Waals surface area contributed by atoms with Crippen LogP contribution in [-0.4, -0.2) is 0 Å². The molecule has 2 heterocycles. The maximum absolute atomic E-state index is 5.97. The number of aryl methyl sites for hydroxylation is 1. The number of rotatable bonds is 1. The molecule has 0 radical (unpaired) electrons. The molecule has 0 aliphatic carbocycles. The molecular weight excluding hydrogens is 238 g/mol. The second kappa shape index (κ2) is 3.79. The first-order chi connectivity index (χ1) is 7.72. The van der Waals surface area contributed by atoms with Gasteiger partial charge in [0.1, 0.15) is 0 Å². The average molecular weight is 250 g/mol. The van der Waals surface area contributed by atoms with E-state index in [4.69, 9.17) is 11.6 Å². The van der Waals surface area contributed by atoms with Crippen molar-refractivity contribution in [2.75, 3.05) is 5.32 Å². The first-order valence-corrected chi connectivity index (χ1v) is 6.53. The van der Waals surface area contributed by atoms with Crippen LogP contribution < -0.4 is 5.32 Å². The van der Waals surface area contributed by atoms with Crippen LogP contribution in [0.25, 0.3) is 0 Å². The molecule has 3 heteroatoms. The van der Waals surface area contributed by atoms with Crippen molar-refractivity contribution in [3.63, 3.8) is 0 Å². The first kappa shape index (κ1) is 10.2. The summed E-state index contributed by atoms with van der Waals surface area (Å²) in [5.74, 6) is 0. The van der Waals surface area contributed by atoms with E-state index in [0.717, 1.165) is 10.8 Å². The van der Waals surface area contributed by atoms with Gasteiger partial charge >= 0.3 is 0 Å². The van der Waals surface area contributed by atoms with Gasteiger partial charge in [-0.2, -0.15) is 0 Å². The zero-order chi connectivity index (χ0) is 11.1. The van der Waals surface area contributed by atoms with Gasteiger partial charge in [-0.3, -0.25) is 0 Å². The van der Waals surface area contributed by atoms with E-state index in [0.29, 0.717) is 6.04 Å². The Hall–Kier alpha value is -0.990. The van der Waals surface area contributed by atoms with Crippen LogP contribution in [0.3, 0.4) is 0 Å². The van der Waals surface area contributed by atoms with Crippen LogP contribution in [0.1, 0.15) is 22.0 Å². The van der Waals surface area contributed by atoms with E-state index >= 15 is 0 Å². The van der Waals surface area contributed by atoms with Gasteiger partial charge in [-0.05, 0) is 37.1 Å². The fourth-order valence-corrected chi connectivity index (χ4v) is 3.29. The molecule has 1 aliphatic heterocycles. The fraction of sp³-hybridized carbons (Fsp3) is 0.231. The monoisotopic (exact) mass is 249 g/mol. The molecule has 0 amide bonds. The van der Waals surface area contributed by atoms with Gasteiger partial charge in [0.2, 0.25) is 0 Å². The van der Waals surface area contributed by atoms with Crippen molar-refractivity contribution in [2.24, 2.45) is 0 Å². The lowest BCUT2D eigenvalue weighted by Gasteiger charge is -2.07. The molecule has 1 aromatic carbocycles. The highest BCUT2D eigenvalue weighted by molar-refractivity contribution is 7.16. The molecule has 82 valence electrons. The Morgan fingerprint density at radius 2 is 2.19 bits per heavy atom. The third-order valence-corrected chi connectivity index (χ3v) is 4.30. The summed E-state index contributed by atoms with van der Waals surface area (Å²) >= 11 is 7.63. The smallest absolute Gasteiger partial charge is 0.0932 e. The minimum absolute atomic E-state index is 0.397. The van der Waals surface area contributed by atoms with Crippen LogP contribution >= 0.6 is 22.9 Å². The summed E-state index contributed by atoms with van der Waals surface area (Å²) in [6.07, 6.45) is 1.06. The number of hydrogen-bond donors (Lipinski definition) is 1. The average Bonchev–Trinajstić information content (AvgIpc) is 2.83. The Labute approximate surface area is 104 Å². The minimum atomic E-state index is 0.397. The van der Waals surface area contributed by atoms with Crippen LogP contribution in [0.2, 0.25) is 4.34 Å². The van der Waals surface area contributed by atoms with Gasteiger partial charge in [-0.1, -0.05) is 29.3 Å². The van der Waals surface area contributed by atoms with Gasteiger partial charge in [0.05, 0.1) is 10.4 Å². The molecule has 1 N–H and O–H groups in total. The van der Waals surface area contributed by atoms with Crippen LogP contribution in [0.5, 0.6) is 0 Å². The van der Waals surface area contributed by atoms with Crippen LogP contribution in [0.15, 0.2) is 30.3 Å². The molecular formula is C13H12ClNS. The lowest BCUT2D eigenvalue weighted by Crippen LogP contribution is -2.02. The molecule has 2 aromatic rings. The Morgan fingerprint density at radius 3 is 2.94 bits per heavy atom. The highest BCUT2D eigenvalue weighted by Gasteiger charge is 2.22. The molecule has 1 aromatic heterocycles. The molecule has 0 fully saturated rings. The second-order valence-electron chi connectivity index (χ2n) is 4.20. The topological polar surface area (TPSA) is 12.0 Å². The molecule has 1 unspecified atom stereocenters. The van der Waals surface area contributed by atoms with Crippen molar-refractivity contribution in [1.82, 2.24) is 0 Å². The van der Waals surface area contributed by atoms with E-state index in [2.05, 4.69) is 36.5 Å². The third-order valence-electron chi connectivity index (χ3n) is 2.95. The summed E-state index contributed by atoms with van der Waals surface area (Å²) < 4.78 is 0.865. The van der Waals surface area contributed by atoms with Crippen molar-refractivity contribution in [1.29, 1.82) is 0 Å². The zero-order valence-corrected chi connectivity index (χ0v) is 10.5. The third kappa shape index (κ3) is 1.72. The molecule has 0 spiro atoms. The van der Waals surface area contributed by atoms with Crippen LogP contribution in [0.4, 0.5) is 5.69 Å². The lowest BCUT2D eigenvalue weighted by molar-refractivity contribution is 0.843. The van der Waals surface area contributed by atoms with Crippen molar-refractivity contribution in [3.8, 4) is 0 Å². The Bertz CT molecular complexity index is 532. The van der Waals surface area contributed by atoms with Gasteiger partial charge in [-0.15, -0.1) is 11.3 Å². The fourth-order valence-electron chi connectivity index (χ4n) is 2.18. The predicted octanol–water partition coefficient (Wildman–Crippen LogP) is 4.42. The van der Waals surface area contributed by atoms with Crippen molar-refractivity contribution >= 4 is 28.6 Å². The molecule has 1 nitrogen and oxygen atoms in total. The van der Waals surface area contributed by atoms with E-state index in [1.165, 1.54) is 21.7 Å². The van der Waals surface area contributed by atoms with Crippen molar-refractivity contribution in [2.45, 2.75) is 19.4 Å². The standard InChI is InChI=1S/C13H12ClNS/c1-8-2-3-10-9(6-8)7-11(15-10)12-4-5-13(14)16-12/h2-6,11,15H,7H2,1H3. The highest BCUT2D eigenvalue weighted by atomic mass is 35.5. The summed E-state index contributed by atoms with van der Waals surface area (Å²) in [4.78, 5) is 1.32. The SMILES string of the molecule is Cc1ccc2c(c1)CC(c1ccc(Cl)s1)N2. The quantitative estimate of drug-likeness (QED) is 0.789. The Kier molecular flexibility index (Phi) is 2.41. The summed E-state index contributed by atoms with van der Waals surface area (Å²) in [6.45, 7) is 2.13. The number of benzene rings is 1. The van der Waals surface area contributed by atoms with Gasteiger partial charge in [-0.25, -0.2) is 0 Å². The number of hydrogen-bond acceptors (Lipinski definition) is 2. The Balaban J connectivity index is 1.90. The maximum atomic E-state index is 5.97. The summed E-state index contributed by atoms with van der Waals surface area (Å²) in [7, 11) is 0. The normalized spacial score (nSPS) is 18.2. The number of halogens is 1. The second-order valence-corrected chi connectivity index (χ2v) is 5.95. The van der Waals surface area contributed by atoms with Crippen LogP contribution in [0, 0.1) is 6.92 Å². The van der Waals surface area contributed by atoms with Gasteiger partial charge < -0.3 is 5.32 Å². The van der Waals surface area contributed by atoms with Gasteiger partial charge in [0, 0.05) is 10.6 Å². The van der Waals surface area contributed by atoms with Gasteiger partial charge in [0.15, 0.2) is 0 Å². The van der Waals surface area contributed by atoms with E-state index in [1.807, 2.05) is 6.07 Å². The molecule has 3 rings (SSSR count). The lowest BCUT2D eigenvalue weighted by atomic mass is 10.1. The number of nitrogens with one attached hydrogen (secondary N) is 1. The summed E-state index contributed by atoms with van der Waals surface area (Å²) in [5, 5.41) is 3.54. The molecule has 0 bridgehead atoms. The van der Waals surface area contributed by atoms with E-state index in [-0.39, 0.29) is 0 Å². The number of thiophene rings is 1. The predicted molar refractivity (Wildman–Crippen MR) is 70.6 cm³/mol. The maximum Gasteiger partial charge on any atom is 0.0932 e. The highest BCUT2D eigenvalue weighted by Crippen LogP contribution is 2.38. The zero-order valence-electron chi connectivity index (χ0n) is 8.96. The van der Waals surface area contributed by atoms with Gasteiger partial charge in [0.25, 0.3) is 0 Å². The number of anilines is 1. The molecule has 1 atom stereocenters. The molecule has 1 aliphatic rings. The summed E-state index contributed by atoms with van der Waals surface area (Å²) in [6, 6.07) is 11.1. The molecule has 16 heavy (non-hydrogen) atoms. The number of fused-ring (bicyclic) bond motifs is 1. The summed E-state index contributed by atoms with van der Waals surface area (Å²) in [5.41, 5.74) is 4.00. The minimum Gasteiger partial charge on any atom is -0.377 e. The first-order valence-electron chi connectivity index (χ1n) is 5.34. The van der Waals surface area contributed by atoms with Crippen molar-refractivity contribution in [3.05, 3.63) is 50.7 Å². The Morgan fingerprint density at radius 1 is 1.31 bits per heavy atom. The molecule has 0 saturated carbocycles. The molecule has 0 saturated heterocycles. The van der Waals surface area contributed by atoms with E-state index in [9.17, 15) is 0 Å². The van der Waals surface area contributed by atoms with Crippen molar-refractivity contribution < 1.29 is 0 Å². The van der Waals surface area contributed by atoms with E-state index in [1.54, 1.807) is 11.3 Å². The van der Waals surface area contributed by atoms with E-state index < -0.39 is 0 Å². The largest absolute Gasteiger partial charge is 0.377 e.